The number of hydrogen-bond donors (Lipinski definition) is 0. The van der Waals surface area contributed by atoms with Gasteiger partial charge in [0.15, 0.2) is 0 Å². The van der Waals surface area contributed by atoms with Crippen LogP contribution in [0.3, 0.4) is 0 Å². The molecule has 3 fully saturated rings. The minimum atomic E-state index is -2.46. The molecule has 0 bridgehead atoms. The molecular weight excluding hydrogens is 380 g/mol. The zero-order valence-corrected chi connectivity index (χ0v) is 20.0. The van der Waals surface area contributed by atoms with E-state index in [2.05, 4.69) is 32.9 Å². The molecule has 2 nitrogen and oxygen atoms in total. The second kappa shape index (κ2) is 8.71. The number of fused-ring (bicyclic) bond motifs is 5. The van der Waals surface area contributed by atoms with Crippen molar-refractivity contribution in [2.24, 2.45) is 40.4 Å². The zero-order chi connectivity index (χ0) is 27.4. The van der Waals surface area contributed by atoms with Crippen LogP contribution in [0.5, 0.6) is 0 Å². The standard InChI is InChI=1S/C29H46O2/c1-19(2)8-7-9-20(3)25-12-13-26-24-11-10-22-18-23(31-21(4)30)14-16-28(22,5)27(24)15-17-29(25,26)6/h9-10,19,23-27H,7-8,11-18H2,1-6H3/b20-9+/t23-,24-,25+,26-,27-,28-,29+/m0/s1/i1D3,2D3. The first kappa shape index (κ1) is 16.5. The topological polar surface area (TPSA) is 26.3 Å². The van der Waals surface area contributed by atoms with Crippen LogP contribution in [0.2, 0.25) is 0 Å². The molecule has 0 unspecified atom stereocenters. The van der Waals surface area contributed by atoms with Crippen LogP contribution in [-0.2, 0) is 9.53 Å². The van der Waals surface area contributed by atoms with Gasteiger partial charge in [0.2, 0.25) is 0 Å². The fourth-order valence-electron chi connectivity index (χ4n) is 8.33. The molecule has 0 heterocycles. The van der Waals surface area contributed by atoms with E-state index in [1.807, 2.05) is 0 Å². The lowest BCUT2D eigenvalue weighted by atomic mass is 9.47. The molecule has 0 radical (unpaired) electrons. The van der Waals surface area contributed by atoms with E-state index in [0.717, 1.165) is 32.1 Å². The van der Waals surface area contributed by atoms with E-state index in [1.165, 1.54) is 37.3 Å². The number of carbonyl (C=O) groups is 1. The Hall–Kier alpha value is -1.05. The lowest BCUT2D eigenvalue weighted by molar-refractivity contribution is -0.148. The Morgan fingerprint density at radius 3 is 2.74 bits per heavy atom. The molecule has 2 heteroatoms. The summed E-state index contributed by atoms with van der Waals surface area (Å²) in [6, 6.07) is 0. The summed E-state index contributed by atoms with van der Waals surface area (Å²) in [7, 11) is 0. The Labute approximate surface area is 199 Å². The highest BCUT2D eigenvalue weighted by Crippen LogP contribution is 2.67. The fourth-order valence-corrected chi connectivity index (χ4v) is 8.33. The molecule has 4 aliphatic rings. The van der Waals surface area contributed by atoms with Crippen molar-refractivity contribution in [1.82, 2.24) is 0 Å². The van der Waals surface area contributed by atoms with Gasteiger partial charge in [-0.25, -0.2) is 0 Å². The summed E-state index contributed by atoms with van der Waals surface area (Å²) in [5, 5.41) is 0. The molecule has 0 aromatic heterocycles. The number of hydrogen-bond acceptors (Lipinski definition) is 2. The van der Waals surface area contributed by atoms with Gasteiger partial charge in [0.05, 0.1) is 0 Å². The summed E-state index contributed by atoms with van der Waals surface area (Å²) in [6.45, 7) is 3.71. The Kier molecular flexibility index (Phi) is 4.65. The predicted octanol–water partition coefficient (Wildman–Crippen LogP) is 7.88. The number of esters is 1. The normalized spacial score (nSPS) is 46.2. The van der Waals surface area contributed by atoms with Gasteiger partial charge in [0.1, 0.15) is 6.10 Å². The van der Waals surface area contributed by atoms with Gasteiger partial charge in [-0.15, -0.1) is 0 Å². The summed E-state index contributed by atoms with van der Waals surface area (Å²) >= 11 is 0. The van der Waals surface area contributed by atoms with Crippen LogP contribution in [0.15, 0.2) is 23.3 Å². The Bertz CT molecular complexity index is 920. The van der Waals surface area contributed by atoms with Crippen LogP contribution in [0.4, 0.5) is 0 Å². The number of ether oxygens (including phenoxy) is 1. The smallest absolute Gasteiger partial charge is 0.302 e. The van der Waals surface area contributed by atoms with Crippen LogP contribution in [0, 0.1) is 40.4 Å². The number of allylic oxidation sites excluding steroid dienone is 3. The Morgan fingerprint density at radius 1 is 1.19 bits per heavy atom. The molecule has 0 spiro atoms. The van der Waals surface area contributed by atoms with E-state index >= 15 is 0 Å². The maximum Gasteiger partial charge on any atom is 0.302 e. The van der Waals surface area contributed by atoms with Crippen molar-refractivity contribution < 1.29 is 17.8 Å². The number of carbonyl (C=O) groups excluding carboxylic acids is 1. The Morgan fingerprint density at radius 2 is 2.00 bits per heavy atom. The molecule has 31 heavy (non-hydrogen) atoms. The molecular formula is C29H46O2. The van der Waals surface area contributed by atoms with Crippen molar-refractivity contribution in [3.05, 3.63) is 23.3 Å². The average molecular weight is 433 g/mol. The van der Waals surface area contributed by atoms with Gasteiger partial charge in [-0.1, -0.05) is 50.8 Å². The van der Waals surface area contributed by atoms with Gasteiger partial charge < -0.3 is 4.74 Å². The maximum atomic E-state index is 11.5. The maximum absolute atomic E-state index is 11.5. The van der Waals surface area contributed by atoms with Crippen molar-refractivity contribution in [2.75, 3.05) is 0 Å². The summed E-state index contributed by atoms with van der Waals surface area (Å²) in [5.41, 5.74) is 3.28. The minimum absolute atomic E-state index is 0.0288. The average Bonchev–Trinajstić information content (AvgIpc) is 3.12. The van der Waals surface area contributed by atoms with Gasteiger partial charge in [0, 0.05) is 21.6 Å². The molecule has 0 aliphatic heterocycles. The molecule has 0 N–H and O–H groups in total. The second-order valence-electron chi connectivity index (χ2n) is 11.5. The fraction of sp³-hybridized carbons (Fsp3) is 0.828. The van der Waals surface area contributed by atoms with Gasteiger partial charge >= 0.3 is 5.97 Å². The monoisotopic (exact) mass is 432 g/mol. The summed E-state index contributed by atoms with van der Waals surface area (Å²) in [6.07, 6.45) is 14.2. The van der Waals surface area contributed by atoms with Crippen LogP contribution in [0.25, 0.3) is 0 Å². The minimum Gasteiger partial charge on any atom is -0.462 e. The summed E-state index contributed by atoms with van der Waals surface area (Å²) < 4.78 is 51.7. The zero-order valence-electron chi connectivity index (χ0n) is 26.0. The van der Waals surface area contributed by atoms with E-state index in [0.29, 0.717) is 30.1 Å². The van der Waals surface area contributed by atoms with Crippen LogP contribution in [-0.4, -0.2) is 12.1 Å². The first-order valence-corrected chi connectivity index (χ1v) is 12.6. The van der Waals surface area contributed by atoms with Gasteiger partial charge in [-0.3, -0.25) is 4.79 Å². The van der Waals surface area contributed by atoms with Crippen LogP contribution >= 0.6 is 0 Å². The highest BCUT2D eigenvalue weighted by molar-refractivity contribution is 5.66. The third-order valence-corrected chi connectivity index (χ3v) is 9.86. The predicted molar refractivity (Wildman–Crippen MR) is 129 cm³/mol. The second-order valence-corrected chi connectivity index (χ2v) is 11.5. The molecule has 4 rings (SSSR count). The lowest BCUT2D eigenvalue weighted by Gasteiger charge is -2.58. The van der Waals surface area contributed by atoms with E-state index in [4.69, 9.17) is 13.0 Å². The molecule has 0 aromatic carbocycles. The highest BCUT2D eigenvalue weighted by atomic mass is 16.5. The van der Waals surface area contributed by atoms with E-state index in [1.54, 1.807) is 0 Å². The van der Waals surface area contributed by atoms with Gasteiger partial charge in [-0.2, -0.15) is 0 Å². The van der Waals surface area contributed by atoms with Crippen molar-refractivity contribution in [2.45, 2.75) is 112 Å². The quantitative estimate of drug-likeness (QED) is 0.326. The van der Waals surface area contributed by atoms with Crippen molar-refractivity contribution in [3.8, 4) is 0 Å². The van der Waals surface area contributed by atoms with Gasteiger partial charge in [0.25, 0.3) is 0 Å². The van der Waals surface area contributed by atoms with Crippen molar-refractivity contribution in [1.29, 1.82) is 0 Å². The van der Waals surface area contributed by atoms with Crippen molar-refractivity contribution >= 4 is 5.97 Å². The first-order chi connectivity index (χ1) is 17.1. The third kappa shape index (κ3) is 4.18. The SMILES string of the molecule is [2H]C([2H])([2H])C(CC/C=C(\C)[C@H]1CC[C@H]2[C@@H]3CC=C4C[C@@H](OC(C)=O)CC[C@]4(C)[C@H]3CC[C@]12C)C([2H])([2H])[2H]. The van der Waals surface area contributed by atoms with E-state index in [-0.39, 0.29) is 29.3 Å². The van der Waals surface area contributed by atoms with Crippen LogP contribution < -0.4 is 0 Å². The molecule has 0 saturated heterocycles. The molecule has 4 aliphatic carbocycles. The molecule has 0 amide bonds. The third-order valence-electron chi connectivity index (χ3n) is 9.86. The Balaban J connectivity index is 1.46. The first-order valence-electron chi connectivity index (χ1n) is 15.6. The summed E-state index contributed by atoms with van der Waals surface area (Å²) in [5.74, 6) is 1.08. The molecule has 174 valence electrons. The molecule has 0 aromatic rings. The van der Waals surface area contributed by atoms with Gasteiger partial charge in [-0.05, 0) is 105 Å². The largest absolute Gasteiger partial charge is 0.462 e. The van der Waals surface area contributed by atoms with Crippen LogP contribution in [0.1, 0.15) is 114 Å². The van der Waals surface area contributed by atoms with E-state index in [9.17, 15) is 4.79 Å². The summed E-state index contributed by atoms with van der Waals surface area (Å²) in [4.78, 5) is 11.5. The van der Waals surface area contributed by atoms with E-state index < -0.39 is 19.6 Å². The highest BCUT2D eigenvalue weighted by Gasteiger charge is 2.58. The lowest BCUT2D eigenvalue weighted by Crippen LogP contribution is -2.50. The molecule has 3 saturated carbocycles. The number of rotatable bonds is 5. The molecule has 7 atom stereocenters. The van der Waals surface area contributed by atoms with Crippen molar-refractivity contribution in [3.63, 3.8) is 0 Å².